The Hall–Kier alpha value is 1.44. The second kappa shape index (κ2) is 9.06. The molecule has 3 heteroatoms. The van der Waals surface area contributed by atoms with E-state index in [0.29, 0.717) is 0 Å². The van der Waals surface area contributed by atoms with Crippen LogP contribution < -0.4 is 58.2 Å². The molecule has 0 aromatic carbocycles. The average Bonchev–Trinajstić information content (AvgIpc) is 1.37. The summed E-state index contributed by atoms with van der Waals surface area (Å²) < 4.78 is 0. The van der Waals surface area contributed by atoms with Gasteiger partial charge in [0.1, 0.15) is 0 Å². The maximum absolute atomic E-state index is 8.80. The Morgan fingerprint density at radius 1 is 1.80 bits per heavy atom. The SMILES string of the molecule is O=[C-]CO.[Rb+]. The Labute approximate surface area is 79.4 Å². The van der Waals surface area contributed by atoms with E-state index in [4.69, 9.17) is 9.90 Å². The molecule has 0 atom stereocenters. The van der Waals surface area contributed by atoms with Crippen molar-refractivity contribution in [3.05, 3.63) is 0 Å². The zero-order valence-electron chi connectivity index (χ0n) is 3.06. The van der Waals surface area contributed by atoms with Crippen LogP contribution in [0.2, 0.25) is 0 Å². The third kappa shape index (κ3) is 10.8. The van der Waals surface area contributed by atoms with Crippen molar-refractivity contribution in [2.75, 3.05) is 6.61 Å². The minimum absolute atomic E-state index is 0. The first-order chi connectivity index (χ1) is 1.91. The van der Waals surface area contributed by atoms with E-state index in [-0.39, 0.29) is 58.2 Å². The van der Waals surface area contributed by atoms with Gasteiger partial charge in [-0.1, -0.05) is 6.61 Å². The van der Waals surface area contributed by atoms with Crippen molar-refractivity contribution in [1.29, 1.82) is 0 Å². The van der Waals surface area contributed by atoms with Gasteiger partial charge in [0, 0.05) is 0 Å². The molecule has 0 rings (SSSR count). The third-order valence-electron chi connectivity index (χ3n) is 0.0645. The monoisotopic (exact) mass is 144 g/mol. The smallest absolute Gasteiger partial charge is 0.540 e. The average molecular weight is 145 g/mol. The fourth-order valence-electron chi connectivity index (χ4n) is 0. The van der Waals surface area contributed by atoms with Gasteiger partial charge in [-0.3, -0.25) is 0 Å². The van der Waals surface area contributed by atoms with Gasteiger partial charge in [0.15, 0.2) is 0 Å². The number of carbonyl (C=O) groups excluding carboxylic acids is 1. The molecule has 0 unspecified atom stereocenters. The third-order valence-corrected chi connectivity index (χ3v) is 0.0645. The van der Waals surface area contributed by atoms with E-state index < -0.39 is 6.61 Å². The number of aliphatic hydroxyl groups is 1. The normalized spacial score (nSPS) is 5.00. The topological polar surface area (TPSA) is 37.3 Å². The molecule has 24 valence electrons. The van der Waals surface area contributed by atoms with Crippen molar-refractivity contribution < 1.29 is 68.1 Å². The van der Waals surface area contributed by atoms with Gasteiger partial charge in [-0.2, -0.15) is 0 Å². The van der Waals surface area contributed by atoms with Gasteiger partial charge in [-0.25, -0.2) is 6.29 Å². The second-order valence-electron chi connectivity index (χ2n) is 0.302. The van der Waals surface area contributed by atoms with E-state index in [2.05, 4.69) is 0 Å². The predicted molar refractivity (Wildman–Crippen MR) is 12.8 cm³/mol. The predicted octanol–water partition coefficient (Wildman–Crippen LogP) is -3.91. The summed E-state index contributed by atoms with van der Waals surface area (Å²) in [5.74, 6) is 0. The van der Waals surface area contributed by atoms with Crippen molar-refractivity contribution in [1.82, 2.24) is 0 Å². The largest absolute Gasteiger partial charge is 1.00 e. The van der Waals surface area contributed by atoms with Crippen molar-refractivity contribution in [3.63, 3.8) is 0 Å². The van der Waals surface area contributed by atoms with E-state index in [0.717, 1.165) is 0 Å². The summed E-state index contributed by atoms with van der Waals surface area (Å²) in [5, 5.41) is 7.45. The van der Waals surface area contributed by atoms with Gasteiger partial charge in [0.2, 0.25) is 0 Å². The first kappa shape index (κ1) is 9.66. The van der Waals surface area contributed by atoms with E-state index in [1.165, 1.54) is 6.29 Å². The van der Waals surface area contributed by atoms with Crippen LogP contribution in [0.3, 0.4) is 0 Å². The van der Waals surface area contributed by atoms with E-state index in [9.17, 15) is 0 Å². The molecule has 0 radical (unpaired) electrons. The quantitative estimate of drug-likeness (QED) is 0.382. The maximum atomic E-state index is 8.80. The summed E-state index contributed by atoms with van der Waals surface area (Å²) in [6, 6.07) is 0. The molecule has 0 aliphatic carbocycles. The van der Waals surface area contributed by atoms with E-state index in [1.807, 2.05) is 0 Å². The van der Waals surface area contributed by atoms with Crippen LogP contribution in [0.25, 0.3) is 0 Å². The molecule has 0 aliphatic rings. The summed E-state index contributed by atoms with van der Waals surface area (Å²) in [6.45, 7) is -0.486. The van der Waals surface area contributed by atoms with Crippen LogP contribution >= 0.6 is 0 Å². The molecule has 0 amide bonds. The first-order valence-corrected chi connectivity index (χ1v) is 0.874. The molecule has 0 heterocycles. The minimum Gasteiger partial charge on any atom is -0.540 e. The summed E-state index contributed by atoms with van der Waals surface area (Å²) in [7, 11) is 0. The van der Waals surface area contributed by atoms with Crippen LogP contribution in [-0.4, -0.2) is 18.0 Å². The van der Waals surface area contributed by atoms with Crippen molar-refractivity contribution in [3.8, 4) is 0 Å². The Morgan fingerprint density at radius 3 is 2.00 bits per heavy atom. The summed E-state index contributed by atoms with van der Waals surface area (Å²) in [4.78, 5) is 8.80. The number of hydrogen-bond acceptors (Lipinski definition) is 2. The van der Waals surface area contributed by atoms with Crippen molar-refractivity contribution in [2.45, 2.75) is 0 Å². The Balaban J connectivity index is 0. The number of aliphatic hydroxyl groups excluding tert-OH is 1. The zero-order chi connectivity index (χ0) is 3.41. The molecule has 2 nitrogen and oxygen atoms in total. The van der Waals surface area contributed by atoms with E-state index in [1.54, 1.807) is 0 Å². The second-order valence-corrected chi connectivity index (χ2v) is 0.302. The summed E-state index contributed by atoms with van der Waals surface area (Å²) in [5.41, 5.74) is 0. The van der Waals surface area contributed by atoms with Crippen LogP contribution in [0.4, 0.5) is 0 Å². The summed E-state index contributed by atoms with van der Waals surface area (Å²) >= 11 is 0. The molecule has 0 fully saturated rings. The molecule has 1 N–H and O–H groups in total. The van der Waals surface area contributed by atoms with Crippen LogP contribution in [0.15, 0.2) is 0 Å². The molecule has 0 aromatic heterocycles. The fraction of sp³-hybridized carbons (Fsp3) is 0.500. The molecular formula is C2H3O2Rb. The molecule has 0 saturated carbocycles. The van der Waals surface area contributed by atoms with Gasteiger partial charge in [0.25, 0.3) is 0 Å². The standard InChI is InChI=1S/C2H3O2.Rb/c3-1-2-4;/h3H,1H2;/q-1;+1. The molecule has 0 spiro atoms. The van der Waals surface area contributed by atoms with Crippen LogP contribution in [0.5, 0.6) is 0 Å². The van der Waals surface area contributed by atoms with Gasteiger partial charge in [-0.05, 0) is 0 Å². The Kier molecular flexibility index (Phi) is 17.5. The van der Waals surface area contributed by atoms with Crippen molar-refractivity contribution in [2.24, 2.45) is 0 Å². The molecule has 0 aliphatic heterocycles. The van der Waals surface area contributed by atoms with E-state index >= 15 is 0 Å². The van der Waals surface area contributed by atoms with Crippen molar-refractivity contribution >= 4 is 6.29 Å². The minimum atomic E-state index is -0.486. The molecule has 0 aromatic rings. The van der Waals surface area contributed by atoms with Gasteiger partial charge in [0.05, 0.1) is 0 Å². The number of rotatable bonds is 1. The van der Waals surface area contributed by atoms with Gasteiger partial charge < -0.3 is 9.90 Å². The van der Waals surface area contributed by atoms with Crippen LogP contribution in [0, 0.1) is 0 Å². The van der Waals surface area contributed by atoms with Gasteiger partial charge in [-0.15, -0.1) is 0 Å². The van der Waals surface area contributed by atoms with Crippen LogP contribution in [-0.2, 0) is 4.79 Å². The molecule has 0 bridgehead atoms. The van der Waals surface area contributed by atoms with Crippen LogP contribution in [0.1, 0.15) is 0 Å². The number of hydrogen-bond donors (Lipinski definition) is 1. The molecular weight excluding hydrogens is 141 g/mol. The molecule has 5 heavy (non-hydrogen) atoms. The van der Waals surface area contributed by atoms with Gasteiger partial charge >= 0.3 is 58.2 Å². The first-order valence-electron chi connectivity index (χ1n) is 0.874. The maximum Gasteiger partial charge on any atom is 1.00 e. The fourth-order valence-corrected chi connectivity index (χ4v) is 0. The molecule has 0 saturated heterocycles. The Morgan fingerprint density at radius 2 is 2.00 bits per heavy atom. The zero-order valence-corrected chi connectivity index (χ0v) is 7.98. The summed E-state index contributed by atoms with van der Waals surface area (Å²) in [6.07, 6.45) is 1.24. The Bertz CT molecular complexity index is 21.6.